The second kappa shape index (κ2) is 7.18. The quantitative estimate of drug-likeness (QED) is 0.648. The first-order valence-corrected chi connectivity index (χ1v) is 7.89. The molecule has 0 unspecified atom stereocenters. The van der Waals surface area contributed by atoms with Gasteiger partial charge >= 0.3 is 0 Å². The minimum absolute atomic E-state index is 0.00861. The fraction of sp³-hybridized carbons (Fsp3) is 0.235. The molecule has 4 heteroatoms. The molecule has 3 N–H and O–H groups in total. The average molecular weight is 300 g/mol. The standard InChI is InChI=1S/C17H20N2OS/c1-12-7-8-13(2)16(11-12)21-10-9-17(20)19-15-6-4-3-5-14(15)18/h3-8,11H,9-10,18H2,1-2H3,(H,19,20). The molecule has 0 saturated heterocycles. The lowest BCUT2D eigenvalue weighted by atomic mass is 10.2. The molecule has 1 amide bonds. The first kappa shape index (κ1) is 15.4. The predicted molar refractivity (Wildman–Crippen MR) is 90.7 cm³/mol. The number of nitrogen functional groups attached to an aromatic ring is 1. The zero-order chi connectivity index (χ0) is 15.2. The molecule has 0 aliphatic rings. The molecule has 0 aliphatic heterocycles. The van der Waals surface area contributed by atoms with E-state index in [2.05, 4.69) is 37.4 Å². The molecule has 0 fully saturated rings. The number of benzene rings is 2. The number of hydrogen-bond acceptors (Lipinski definition) is 3. The molecule has 0 atom stereocenters. The topological polar surface area (TPSA) is 55.1 Å². The Balaban J connectivity index is 1.85. The molecule has 110 valence electrons. The fourth-order valence-electron chi connectivity index (χ4n) is 1.94. The highest BCUT2D eigenvalue weighted by Gasteiger charge is 2.06. The number of rotatable bonds is 5. The van der Waals surface area contributed by atoms with Gasteiger partial charge in [-0.25, -0.2) is 0 Å². The van der Waals surface area contributed by atoms with E-state index in [1.54, 1.807) is 17.8 Å². The molecule has 2 rings (SSSR count). The summed E-state index contributed by atoms with van der Waals surface area (Å²) >= 11 is 1.71. The van der Waals surface area contributed by atoms with Crippen LogP contribution in [0.3, 0.4) is 0 Å². The van der Waals surface area contributed by atoms with Crippen molar-refractivity contribution in [3.05, 3.63) is 53.6 Å². The van der Waals surface area contributed by atoms with Gasteiger partial charge in [-0.05, 0) is 37.6 Å². The van der Waals surface area contributed by atoms with Crippen LogP contribution in [-0.4, -0.2) is 11.7 Å². The third kappa shape index (κ3) is 4.53. The van der Waals surface area contributed by atoms with Crippen LogP contribution in [0.4, 0.5) is 11.4 Å². The number of thioether (sulfide) groups is 1. The number of anilines is 2. The van der Waals surface area contributed by atoms with E-state index in [1.807, 2.05) is 18.2 Å². The lowest BCUT2D eigenvalue weighted by Gasteiger charge is -2.09. The van der Waals surface area contributed by atoms with E-state index in [1.165, 1.54) is 16.0 Å². The van der Waals surface area contributed by atoms with Crippen molar-refractivity contribution in [2.45, 2.75) is 25.2 Å². The van der Waals surface area contributed by atoms with Gasteiger partial charge in [0.15, 0.2) is 0 Å². The van der Waals surface area contributed by atoms with Gasteiger partial charge in [-0.1, -0.05) is 29.8 Å². The minimum atomic E-state index is -0.00861. The van der Waals surface area contributed by atoms with Gasteiger partial charge in [-0.15, -0.1) is 11.8 Å². The third-order valence-electron chi connectivity index (χ3n) is 3.17. The van der Waals surface area contributed by atoms with Crippen molar-refractivity contribution in [2.75, 3.05) is 16.8 Å². The maximum absolute atomic E-state index is 11.9. The highest BCUT2D eigenvalue weighted by atomic mass is 32.2. The largest absolute Gasteiger partial charge is 0.397 e. The summed E-state index contributed by atoms with van der Waals surface area (Å²) in [6.45, 7) is 4.17. The second-order valence-electron chi connectivity index (χ2n) is 5.00. The summed E-state index contributed by atoms with van der Waals surface area (Å²) < 4.78 is 0. The van der Waals surface area contributed by atoms with E-state index in [0.29, 0.717) is 17.8 Å². The number of amides is 1. The van der Waals surface area contributed by atoms with E-state index in [4.69, 9.17) is 5.73 Å². The van der Waals surface area contributed by atoms with Crippen molar-refractivity contribution >= 4 is 29.0 Å². The number of nitrogens with two attached hydrogens (primary N) is 1. The molecule has 0 bridgehead atoms. The van der Waals surface area contributed by atoms with E-state index >= 15 is 0 Å². The van der Waals surface area contributed by atoms with E-state index in [-0.39, 0.29) is 5.91 Å². The SMILES string of the molecule is Cc1ccc(C)c(SCCC(=O)Nc2ccccc2N)c1. The lowest BCUT2D eigenvalue weighted by molar-refractivity contribution is -0.115. The van der Waals surface area contributed by atoms with Crippen molar-refractivity contribution in [1.29, 1.82) is 0 Å². The summed E-state index contributed by atoms with van der Waals surface area (Å²) in [6, 6.07) is 13.7. The van der Waals surface area contributed by atoms with Gasteiger partial charge in [0.25, 0.3) is 0 Å². The Bertz CT molecular complexity index is 640. The molecule has 0 heterocycles. The number of nitrogens with one attached hydrogen (secondary N) is 1. The molecular formula is C17H20N2OS. The van der Waals surface area contributed by atoms with Crippen molar-refractivity contribution in [3.8, 4) is 0 Å². The molecular weight excluding hydrogens is 280 g/mol. The summed E-state index contributed by atoms with van der Waals surface area (Å²) in [5.74, 6) is 0.744. The van der Waals surface area contributed by atoms with Gasteiger partial charge in [0.05, 0.1) is 11.4 Å². The van der Waals surface area contributed by atoms with Gasteiger partial charge in [0.1, 0.15) is 0 Å². The fourth-order valence-corrected chi connectivity index (χ4v) is 3.01. The number of hydrogen-bond donors (Lipinski definition) is 2. The second-order valence-corrected chi connectivity index (χ2v) is 6.14. The maximum atomic E-state index is 11.9. The number of carbonyl (C=O) groups is 1. The molecule has 0 aromatic heterocycles. The number of para-hydroxylation sites is 2. The average Bonchev–Trinajstić information content (AvgIpc) is 2.45. The van der Waals surface area contributed by atoms with Crippen molar-refractivity contribution < 1.29 is 4.79 Å². The summed E-state index contributed by atoms with van der Waals surface area (Å²) in [5, 5.41) is 2.85. The molecule has 0 spiro atoms. The Morgan fingerprint density at radius 2 is 1.95 bits per heavy atom. The maximum Gasteiger partial charge on any atom is 0.225 e. The van der Waals surface area contributed by atoms with Gasteiger partial charge in [-0.2, -0.15) is 0 Å². The Hall–Kier alpha value is -1.94. The van der Waals surface area contributed by atoms with Crippen LogP contribution in [-0.2, 0) is 4.79 Å². The van der Waals surface area contributed by atoms with Crippen LogP contribution < -0.4 is 11.1 Å². The van der Waals surface area contributed by atoms with Crippen LogP contribution in [0.1, 0.15) is 17.5 Å². The Morgan fingerprint density at radius 1 is 1.19 bits per heavy atom. The zero-order valence-electron chi connectivity index (χ0n) is 12.3. The summed E-state index contributed by atoms with van der Waals surface area (Å²) in [4.78, 5) is 13.2. The highest BCUT2D eigenvalue weighted by Crippen LogP contribution is 2.24. The number of carbonyl (C=O) groups excluding carboxylic acids is 1. The van der Waals surface area contributed by atoms with Gasteiger partial charge < -0.3 is 11.1 Å². The Labute approximate surface area is 129 Å². The molecule has 0 aliphatic carbocycles. The van der Waals surface area contributed by atoms with Crippen LogP contribution in [0.15, 0.2) is 47.4 Å². The van der Waals surface area contributed by atoms with Gasteiger partial charge in [-0.3, -0.25) is 4.79 Å². The van der Waals surface area contributed by atoms with Crippen molar-refractivity contribution in [2.24, 2.45) is 0 Å². The predicted octanol–water partition coefficient (Wildman–Crippen LogP) is 4.01. The molecule has 0 saturated carbocycles. The van der Waals surface area contributed by atoms with Gasteiger partial charge in [0.2, 0.25) is 5.91 Å². The summed E-state index contributed by atoms with van der Waals surface area (Å²) in [6.07, 6.45) is 0.465. The van der Waals surface area contributed by atoms with Crippen LogP contribution in [0.5, 0.6) is 0 Å². The Kier molecular flexibility index (Phi) is 5.28. The summed E-state index contributed by atoms with van der Waals surface area (Å²) in [7, 11) is 0. The van der Waals surface area contributed by atoms with Crippen LogP contribution >= 0.6 is 11.8 Å². The van der Waals surface area contributed by atoms with Crippen LogP contribution in [0.2, 0.25) is 0 Å². The van der Waals surface area contributed by atoms with Gasteiger partial charge in [0, 0.05) is 17.1 Å². The van der Waals surface area contributed by atoms with Crippen LogP contribution in [0.25, 0.3) is 0 Å². The third-order valence-corrected chi connectivity index (χ3v) is 4.32. The van der Waals surface area contributed by atoms with E-state index in [9.17, 15) is 4.79 Å². The minimum Gasteiger partial charge on any atom is -0.397 e. The smallest absolute Gasteiger partial charge is 0.225 e. The molecule has 2 aromatic rings. The molecule has 3 nitrogen and oxygen atoms in total. The Morgan fingerprint density at radius 3 is 2.71 bits per heavy atom. The normalized spacial score (nSPS) is 10.4. The zero-order valence-corrected chi connectivity index (χ0v) is 13.2. The lowest BCUT2D eigenvalue weighted by Crippen LogP contribution is -2.13. The first-order chi connectivity index (χ1) is 10.1. The van der Waals surface area contributed by atoms with Crippen molar-refractivity contribution in [3.63, 3.8) is 0 Å². The molecule has 2 aromatic carbocycles. The molecule has 21 heavy (non-hydrogen) atoms. The number of aryl methyl sites for hydroxylation is 2. The summed E-state index contributed by atoms with van der Waals surface area (Å²) in [5.41, 5.74) is 9.56. The van der Waals surface area contributed by atoms with E-state index < -0.39 is 0 Å². The monoisotopic (exact) mass is 300 g/mol. The highest BCUT2D eigenvalue weighted by molar-refractivity contribution is 7.99. The van der Waals surface area contributed by atoms with Crippen LogP contribution in [0, 0.1) is 13.8 Å². The molecule has 0 radical (unpaired) electrons. The van der Waals surface area contributed by atoms with Crippen molar-refractivity contribution in [1.82, 2.24) is 0 Å². The van der Waals surface area contributed by atoms with E-state index in [0.717, 1.165) is 5.75 Å². The first-order valence-electron chi connectivity index (χ1n) is 6.90.